The van der Waals surface area contributed by atoms with Crippen molar-refractivity contribution < 1.29 is 22.7 Å². The standard InChI is InChI=1S/C11H12F4O/c1-6(7(2)16)8-3-9(11(13,14)15)5-10(12)4-8/h3-7,16H,1-2H3. The number of rotatable bonds is 2. The molecule has 0 bridgehead atoms. The molecule has 1 aromatic rings. The molecule has 0 saturated carbocycles. The lowest BCUT2D eigenvalue weighted by atomic mass is 9.94. The van der Waals surface area contributed by atoms with Crippen LogP contribution in [0.15, 0.2) is 18.2 Å². The first-order valence-electron chi connectivity index (χ1n) is 4.77. The highest BCUT2D eigenvalue weighted by Gasteiger charge is 2.32. The second kappa shape index (κ2) is 4.41. The molecule has 1 rings (SSSR count). The number of alkyl halides is 3. The van der Waals surface area contributed by atoms with Gasteiger partial charge in [-0.2, -0.15) is 13.2 Å². The van der Waals surface area contributed by atoms with Crippen LogP contribution >= 0.6 is 0 Å². The molecule has 5 heteroatoms. The van der Waals surface area contributed by atoms with Crippen LogP contribution in [0.1, 0.15) is 30.9 Å². The van der Waals surface area contributed by atoms with Crippen molar-refractivity contribution in [3.63, 3.8) is 0 Å². The number of halogens is 4. The Balaban J connectivity index is 3.18. The van der Waals surface area contributed by atoms with E-state index in [0.717, 1.165) is 12.1 Å². The molecular weight excluding hydrogens is 224 g/mol. The number of aliphatic hydroxyl groups excluding tert-OH is 1. The van der Waals surface area contributed by atoms with Gasteiger partial charge in [0.05, 0.1) is 11.7 Å². The summed E-state index contributed by atoms with van der Waals surface area (Å²) >= 11 is 0. The molecule has 0 heterocycles. The minimum Gasteiger partial charge on any atom is -0.393 e. The van der Waals surface area contributed by atoms with E-state index < -0.39 is 29.6 Å². The molecule has 1 N–H and O–H groups in total. The molecule has 1 nitrogen and oxygen atoms in total. The van der Waals surface area contributed by atoms with E-state index in [1.165, 1.54) is 6.92 Å². The molecule has 0 fully saturated rings. The van der Waals surface area contributed by atoms with Gasteiger partial charge in [-0.05, 0) is 30.7 Å². The first-order chi connectivity index (χ1) is 7.21. The lowest BCUT2D eigenvalue weighted by molar-refractivity contribution is -0.137. The second-order valence-corrected chi connectivity index (χ2v) is 3.80. The summed E-state index contributed by atoms with van der Waals surface area (Å²) in [4.78, 5) is 0. The monoisotopic (exact) mass is 236 g/mol. The Morgan fingerprint density at radius 1 is 1.12 bits per heavy atom. The molecule has 0 aliphatic carbocycles. The zero-order valence-electron chi connectivity index (χ0n) is 8.85. The van der Waals surface area contributed by atoms with E-state index >= 15 is 0 Å². The maximum absolute atomic E-state index is 13.0. The molecule has 1 aromatic carbocycles. The zero-order valence-corrected chi connectivity index (χ0v) is 8.85. The van der Waals surface area contributed by atoms with Crippen molar-refractivity contribution in [2.75, 3.05) is 0 Å². The summed E-state index contributed by atoms with van der Waals surface area (Å²) in [6.07, 6.45) is -5.40. The highest BCUT2D eigenvalue weighted by molar-refractivity contribution is 5.29. The Morgan fingerprint density at radius 2 is 1.69 bits per heavy atom. The first kappa shape index (κ1) is 13.0. The van der Waals surface area contributed by atoms with Crippen molar-refractivity contribution in [2.45, 2.75) is 32.0 Å². The van der Waals surface area contributed by atoms with Gasteiger partial charge in [-0.15, -0.1) is 0 Å². The predicted molar refractivity (Wildman–Crippen MR) is 51.5 cm³/mol. The summed E-state index contributed by atoms with van der Waals surface area (Å²) in [7, 11) is 0. The SMILES string of the molecule is CC(O)C(C)c1cc(F)cc(C(F)(F)F)c1. The summed E-state index contributed by atoms with van der Waals surface area (Å²) in [6, 6.07) is 2.31. The van der Waals surface area contributed by atoms with Crippen LogP contribution in [0.2, 0.25) is 0 Å². The predicted octanol–water partition coefficient (Wildman–Crippen LogP) is 3.33. The van der Waals surface area contributed by atoms with Gasteiger partial charge in [-0.3, -0.25) is 0 Å². The Hall–Kier alpha value is -1.10. The highest BCUT2D eigenvalue weighted by atomic mass is 19.4. The number of hydrogen-bond acceptors (Lipinski definition) is 1. The summed E-state index contributed by atoms with van der Waals surface area (Å²) in [5.41, 5.74) is -0.891. The summed E-state index contributed by atoms with van der Waals surface area (Å²) in [5, 5.41) is 9.26. The van der Waals surface area contributed by atoms with Crippen LogP contribution in [0, 0.1) is 5.82 Å². The van der Waals surface area contributed by atoms with Gasteiger partial charge in [-0.25, -0.2) is 4.39 Å². The Morgan fingerprint density at radius 3 is 2.12 bits per heavy atom. The van der Waals surface area contributed by atoms with E-state index in [-0.39, 0.29) is 5.56 Å². The van der Waals surface area contributed by atoms with E-state index in [1.54, 1.807) is 6.92 Å². The number of benzene rings is 1. The quantitative estimate of drug-likeness (QED) is 0.781. The first-order valence-corrected chi connectivity index (χ1v) is 4.77. The molecule has 90 valence electrons. The van der Waals surface area contributed by atoms with Gasteiger partial charge in [-0.1, -0.05) is 6.92 Å². The molecule has 0 radical (unpaired) electrons. The Bertz CT molecular complexity index is 371. The summed E-state index contributed by atoms with van der Waals surface area (Å²) in [5.74, 6) is -1.49. The van der Waals surface area contributed by atoms with Crippen LogP contribution in [0.5, 0.6) is 0 Å². The molecule has 2 atom stereocenters. The molecule has 0 aliphatic rings. The summed E-state index contributed by atoms with van der Waals surface area (Å²) in [6.45, 7) is 2.99. The fourth-order valence-corrected chi connectivity index (χ4v) is 1.32. The van der Waals surface area contributed by atoms with Crippen molar-refractivity contribution in [2.24, 2.45) is 0 Å². The summed E-state index contributed by atoms with van der Waals surface area (Å²) < 4.78 is 50.1. The average molecular weight is 236 g/mol. The largest absolute Gasteiger partial charge is 0.416 e. The van der Waals surface area contributed by atoms with Gasteiger partial charge in [0.2, 0.25) is 0 Å². The zero-order chi connectivity index (χ0) is 12.5. The van der Waals surface area contributed by atoms with E-state index in [4.69, 9.17) is 0 Å². The van der Waals surface area contributed by atoms with Crippen molar-refractivity contribution in [1.82, 2.24) is 0 Å². The molecule has 16 heavy (non-hydrogen) atoms. The molecule has 0 saturated heterocycles. The van der Waals surface area contributed by atoms with Crippen LogP contribution in [-0.2, 0) is 6.18 Å². The second-order valence-electron chi connectivity index (χ2n) is 3.80. The van der Waals surface area contributed by atoms with Crippen LogP contribution < -0.4 is 0 Å². The molecule has 0 aliphatic heterocycles. The van der Waals surface area contributed by atoms with Crippen molar-refractivity contribution in [3.05, 3.63) is 35.1 Å². The maximum Gasteiger partial charge on any atom is 0.416 e. The Kier molecular flexibility index (Phi) is 3.57. The van der Waals surface area contributed by atoms with Gasteiger partial charge in [0, 0.05) is 5.92 Å². The number of hydrogen-bond donors (Lipinski definition) is 1. The van der Waals surface area contributed by atoms with Gasteiger partial charge in [0.15, 0.2) is 0 Å². The smallest absolute Gasteiger partial charge is 0.393 e. The molecular formula is C11H12F4O. The van der Waals surface area contributed by atoms with Crippen LogP contribution in [0.25, 0.3) is 0 Å². The lowest BCUT2D eigenvalue weighted by Crippen LogP contribution is -2.13. The van der Waals surface area contributed by atoms with Crippen LogP contribution in [0.3, 0.4) is 0 Å². The third-order valence-corrected chi connectivity index (χ3v) is 2.50. The molecule has 2 unspecified atom stereocenters. The van der Waals surface area contributed by atoms with Gasteiger partial charge >= 0.3 is 6.18 Å². The van der Waals surface area contributed by atoms with Gasteiger partial charge < -0.3 is 5.11 Å². The van der Waals surface area contributed by atoms with Crippen molar-refractivity contribution >= 4 is 0 Å². The van der Waals surface area contributed by atoms with E-state index in [9.17, 15) is 22.7 Å². The van der Waals surface area contributed by atoms with Gasteiger partial charge in [0.1, 0.15) is 5.82 Å². The fourth-order valence-electron chi connectivity index (χ4n) is 1.32. The fraction of sp³-hybridized carbons (Fsp3) is 0.455. The molecule has 0 spiro atoms. The average Bonchev–Trinajstić information content (AvgIpc) is 2.14. The lowest BCUT2D eigenvalue weighted by Gasteiger charge is -2.17. The third-order valence-electron chi connectivity index (χ3n) is 2.50. The maximum atomic E-state index is 13.0. The minimum atomic E-state index is -4.57. The topological polar surface area (TPSA) is 20.2 Å². The minimum absolute atomic E-state index is 0.141. The van der Waals surface area contributed by atoms with Crippen LogP contribution in [-0.4, -0.2) is 11.2 Å². The van der Waals surface area contributed by atoms with E-state index in [0.29, 0.717) is 6.07 Å². The van der Waals surface area contributed by atoms with Gasteiger partial charge in [0.25, 0.3) is 0 Å². The molecule has 0 amide bonds. The van der Waals surface area contributed by atoms with Crippen molar-refractivity contribution in [1.29, 1.82) is 0 Å². The molecule has 0 aromatic heterocycles. The van der Waals surface area contributed by atoms with Crippen molar-refractivity contribution in [3.8, 4) is 0 Å². The normalized spacial score (nSPS) is 15.9. The van der Waals surface area contributed by atoms with E-state index in [1.807, 2.05) is 0 Å². The van der Waals surface area contributed by atoms with Crippen LogP contribution in [0.4, 0.5) is 17.6 Å². The third kappa shape index (κ3) is 2.95. The Labute approximate surface area is 90.7 Å². The highest BCUT2D eigenvalue weighted by Crippen LogP contribution is 2.32. The van der Waals surface area contributed by atoms with E-state index in [2.05, 4.69) is 0 Å². The number of aliphatic hydroxyl groups is 1.